The molecule has 1 saturated carbocycles. The maximum atomic E-state index is 14.7. The smallest absolute Gasteiger partial charge is 0.219 e. The highest BCUT2D eigenvalue weighted by molar-refractivity contribution is 6.01. The normalized spacial score (nSPS) is 25.6. The third-order valence-corrected chi connectivity index (χ3v) is 5.53. The highest BCUT2D eigenvalue weighted by Gasteiger charge is 2.58. The monoisotopic (exact) mass is 379 g/mol. The molecular formula is C20H15F2N5O. The fourth-order valence-corrected chi connectivity index (χ4v) is 4.16. The molecule has 1 heterocycles. The average molecular weight is 379 g/mol. The Hall–Kier alpha value is -3.57. The van der Waals surface area contributed by atoms with Crippen LogP contribution in [0.15, 0.2) is 29.8 Å². The van der Waals surface area contributed by atoms with Gasteiger partial charge in [0.05, 0.1) is 23.9 Å². The molecule has 1 aliphatic carbocycles. The molecule has 6 nitrogen and oxygen atoms in total. The summed E-state index contributed by atoms with van der Waals surface area (Å²) in [6.45, 7) is 1.65. The maximum absolute atomic E-state index is 14.7. The van der Waals surface area contributed by atoms with E-state index in [1.165, 1.54) is 11.8 Å². The number of hydrogen-bond donors (Lipinski definition) is 1. The van der Waals surface area contributed by atoms with Crippen molar-refractivity contribution in [3.63, 3.8) is 0 Å². The van der Waals surface area contributed by atoms with E-state index >= 15 is 0 Å². The van der Waals surface area contributed by atoms with Crippen LogP contribution in [0.4, 0.5) is 8.78 Å². The summed E-state index contributed by atoms with van der Waals surface area (Å²) in [5.41, 5.74) is -2.14. The van der Waals surface area contributed by atoms with E-state index in [9.17, 15) is 29.4 Å². The molecule has 3 atom stereocenters. The Balaban J connectivity index is 2.30. The molecular weight excluding hydrogens is 364 g/mol. The summed E-state index contributed by atoms with van der Waals surface area (Å²) >= 11 is 0. The Labute approximate surface area is 160 Å². The van der Waals surface area contributed by atoms with Gasteiger partial charge in [0.1, 0.15) is 17.6 Å². The van der Waals surface area contributed by atoms with Crippen LogP contribution in [0.25, 0.3) is 0 Å². The average Bonchev–Trinajstić information content (AvgIpc) is 2.67. The second kappa shape index (κ2) is 6.87. The molecule has 0 radical (unpaired) electrons. The third kappa shape index (κ3) is 2.64. The number of rotatable bonds is 1. The van der Waals surface area contributed by atoms with Gasteiger partial charge >= 0.3 is 0 Å². The van der Waals surface area contributed by atoms with Crippen molar-refractivity contribution < 1.29 is 13.6 Å². The lowest BCUT2D eigenvalue weighted by Crippen LogP contribution is -2.53. The van der Waals surface area contributed by atoms with E-state index in [0.29, 0.717) is 11.6 Å². The SMILES string of the molecule is CC(=O)N1CC=C2C(C#N)C(=N)C(C#N)(C#N)[C@@H](c3ccc(F)cc3F)[C@H]2C1. The van der Waals surface area contributed by atoms with Crippen molar-refractivity contribution in [1.82, 2.24) is 4.90 Å². The lowest BCUT2D eigenvalue weighted by atomic mass is 9.54. The Kier molecular flexibility index (Phi) is 4.71. The molecule has 8 heteroatoms. The summed E-state index contributed by atoms with van der Waals surface area (Å²) in [5, 5.41) is 37.7. The number of amides is 1. The number of benzene rings is 1. The van der Waals surface area contributed by atoms with Crippen molar-refractivity contribution in [1.29, 1.82) is 21.2 Å². The lowest BCUT2D eigenvalue weighted by Gasteiger charge is -2.47. The molecule has 0 spiro atoms. The zero-order valence-corrected chi connectivity index (χ0v) is 14.9. The van der Waals surface area contributed by atoms with Crippen LogP contribution >= 0.6 is 0 Å². The first-order valence-electron chi connectivity index (χ1n) is 8.52. The van der Waals surface area contributed by atoms with Gasteiger partial charge in [-0.15, -0.1) is 0 Å². The van der Waals surface area contributed by atoms with Crippen molar-refractivity contribution in [2.24, 2.45) is 17.3 Å². The molecule has 3 rings (SSSR count). The predicted octanol–water partition coefficient (Wildman–Crippen LogP) is 2.66. The summed E-state index contributed by atoms with van der Waals surface area (Å²) in [6.07, 6.45) is 1.63. The van der Waals surface area contributed by atoms with Crippen LogP contribution < -0.4 is 0 Å². The molecule has 1 fully saturated rings. The zero-order valence-electron chi connectivity index (χ0n) is 14.9. The number of halogens is 2. The first-order valence-corrected chi connectivity index (χ1v) is 8.52. The van der Waals surface area contributed by atoms with Crippen LogP contribution in [0.2, 0.25) is 0 Å². The molecule has 1 N–H and O–H groups in total. The number of fused-ring (bicyclic) bond motifs is 1. The number of nitriles is 3. The van der Waals surface area contributed by atoms with Gasteiger partial charge in [-0.3, -0.25) is 4.79 Å². The number of nitrogens with zero attached hydrogens (tertiary/aromatic N) is 4. The fourth-order valence-electron chi connectivity index (χ4n) is 4.16. The van der Waals surface area contributed by atoms with Crippen LogP contribution in [0.5, 0.6) is 0 Å². The van der Waals surface area contributed by atoms with E-state index in [4.69, 9.17) is 5.41 Å². The quantitative estimate of drug-likeness (QED) is 0.755. The van der Waals surface area contributed by atoms with Crippen molar-refractivity contribution in [3.8, 4) is 18.2 Å². The Morgan fingerprint density at radius 1 is 1.29 bits per heavy atom. The number of carbonyl (C=O) groups is 1. The second-order valence-electron chi connectivity index (χ2n) is 6.89. The number of hydrogen-bond acceptors (Lipinski definition) is 5. The van der Waals surface area contributed by atoms with Gasteiger partial charge in [-0.2, -0.15) is 15.8 Å². The van der Waals surface area contributed by atoms with Gasteiger partial charge in [-0.1, -0.05) is 12.1 Å². The van der Waals surface area contributed by atoms with Crippen molar-refractivity contribution in [2.45, 2.75) is 12.8 Å². The van der Waals surface area contributed by atoms with Crippen LogP contribution in [-0.2, 0) is 4.79 Å². The highest BCUT2D eigenvalue weighted by atomic mass is 19.1. The standard InChI is InChI=1S/C20H15F2N5O/c1-11(28)27-5-4-13-15(7-23)19(26)20(9-24,10-25)18(16(13)8-27)14-3-2-12(21)6-17(14)22/h2-4,6,15-16,18,26H,5,8H2,1H3/t15?,16-,18-/m0/s1. The topological polar surface area (TPSA) is 116 Å². The molecule has 1 aromatic rings. The van der Waals surface area contributed by atoms with E-state index in [1.807, 2.05) is 18.2 Å². The number of carbonyl (C=O) groups excluding carboxylic acids is 1. The van der Waals surface area contributed by atoms with Gasteiger partial charge in [-0.05, 0) is 17.2 Å². The predicted molar refractivity (Wildman–Crippen MR) is 93.4 cm³/mol. The minimum Gasteiger partial charge on any atom is -0.339 e. The minimum atomic E-state index is -2.11. The molecule has 1 aliphatic heterocycles. The molecule has 2 aliphatic rings. The molecule has 0 saturated heterocycles. The van der Waals surface area contributed by atoms with E-state index in [2.05, 4.69) is 0 Å². The summed E-state index contributed by atoms with van der Waals surface area (Å²) in [4.78, 5) is 13.3. The second-order valence-corrected chi connectivity index (χ2v) is 6.89. The molecule has 1 amide bonds. The highest BCUT2D eigenvalue weighted by Crippen LogP contribution is 2.53. The Morgan fingerprint density at radius 2 is 1.96 bits per heavy atom. The van der Waals surface area contributed by atoms with Crippen molar-refractivity contribution >= 4 is 11.6 Å². The van der Waals surface area contributed by atoms with Crippen LogP contribution in [0, 0.1) is 68.3 Å². The summed E-state index contributed by atoms with van der Waals surface area (Å²) in [5.74, 6) is -5.00. The Morgan fingerprint density at radius 3 is 2.50 bits per heavy atom. The van der Waals surface area contributed by atoms with Gasteiger partial charge in [0.2, 0.25) is 5.91 Å². The van der Waals surface area contributed by atoms with Gasteiger partial charge in [-0.25, -0.2) is 8.78 Å². The van der Waals surface area contributed by atoms with Crippen molar-refractivity contribution in [2.75, 3.05) is 13.1 Å². The summed E-state index contributed by atoms with van der Waals surface area (Å²) in [6, 6.07) is 8.44. The molecule has 0 bridgehead atoms. The van der Waals surface area contributed by atoms with E-state index in [0.717, 1.165) is 12.1 Å². The largest absolute Gasteiger partial charge is 0.339 e. The number of nitrogens with one attached hydrogen (secondary N) is 1. The lowest BCUT2D eigenvalue weighted by molar-refractivity contribution is -0.129. The molecule has 140 valence electrons. The fraction of sp³-hybridized carbons (Fsp3) is 0.350. The van der Waals surface area contributed by atoms with Crippen LogP contribution in [0.1, 0.15) is 18.4 Å². The molecule has 1 aromatic carbocycles. The van der Waals surface area contributed by atoms with Crippen LogP contribution in [0.3, 0.4) is 0 Å². The first-order chi connectivity index (χ1) is 13.3. The Bertz CT molecular complexity index is 1010. The van der Waals surface area contributed by atoms with Crippen molar-refractivity contribution in [3.05, 3.63) is 47.0 Å². The summed E-state index contributed by atoms with van der Waals surface area (Å²) in [7, 11) is 0. The van der Waals surface area contributed by atoms with Gasteiger partial charge in [0.25, 0.3) is 0 Å². The third-order valence-electron chi connectivity index (χ3n) is 5.53. The maximum Gasteiger partial charge on any atom is 0.219 e. The van der Waals surface area contributed by atoms with Gasteiger partial charge in [0.15, 0.2) is 5.41 Å². The van der Waals surface area contributed by atoms with Gasteiger partial charge < -0.3 is 10.3 Å². The molecule has 1 unspecified atom stereocenters. The zero-order chi connectivity index (χ0) is 20.6. The summed E-state index contributed by atoms with van der Waals surface area (Å²) < 4.78 is 28.1. The van der Waals surface area contributed by atoms with Gasteiger partial charge in [0, 0.05) is 37.9 Å². The van der Waals surface area contributed by atoms with Crippen LogP contribution in [-0.4, -0.2) is 29.6 Å². The first kappa shape index (κ1) is 19.2. The van der Waals surface area contributed by atoms with E-state index in [1.54, 1.807) is 6.08 Å². The molecule has 0 aromatic heterocycles. The molecule has 28 heavy (non-hydrogen) atoms. The minimum absolute atomic E-state index is 0.0687. The van der Waals surface area contributed by atoms with E-state index < -0.39 is 40.5 Å². The van der Waals surface area contributed by atoms with E-state index in [-0.39, 0.29) is 24.6 Å².